The van der Waals surface area contributed by atoms with Crippen LogP contribution >= 0.6 is 24.8 Å². The van der Waals surface area contributed by atoms with Crippen molar-refractivity contribution in [2.75, 3.05) is 26.2 Å². The number of ether oxygens (including phenoxy) is 1. The van der Waals surface area contributed by atoms with Gasteiger partial charge in [0.15, 0.2) is 0 Å². The molecule has 1 atom stereocenters. The Hall–Kier alpha value is -0.0300. The molecule has 1 rings (SSSR count). The van der Waals surface area contributed by atoms with E-state index in [1.807, 2.05) is 11.8 Å². The topological polar surface area (TPSA) is 55.6 Å². The van der Waals surface area contributed by atoms with E-state index in [4.69, 9.17) is 10.5 Å². The lowest BCUT2D eigenvalue weighted by Gasteiger charge is -2.13. The number of hydrogen-bond donors (Lipinski definition) is 1. The summed E-state index contributed by atoms with van der Waals surface area (Å²) in [5, 5.41) is 0. The first kappa shape index (κ1) is 16.4. The number of esters is 1. The molecule has 0 aliphatic carbocycles. The van der Waals surface area contributed by atoms with Crippen molar-refractivity contribution >= 4 is 30.8 Å². The van der Waals surface area contributed by atoms with Crippen molar-refractivity contribution < 1.29 is 9.53 Å². The first-order chi connectivity index (χ1) is 5.72. The molecule has 1 saturated heterocycles. The summed E-state index contributed by atoms with van der Waals surface area (Å²) >= 11 is 0. The Morgan fingerprint density at radius 2 is 2.21 bits per heavy atom. The van der Waals surface area contributed by atoms with Crippen molar-refractivity contribution in [2.45, 2.75) is 19.4 Å². The average Bonchev–Trinajstić information content (AvgIpc) is 2.36. The van der Waals surface area contributed by atoms with E-state index in [-0.39, 0.29) is 36.8 Å². The number of carbonyl (C=O) groups excluding carboxylic acids is 1. The predicted molar refractivity (Wildman–Crippen MR) is 60.2 cm³/mol. The van der Waals surface area contributed by atoms with Gasteiger partial charge in [0.2, 0.25) is 0 Å². The second kappa shape index (κ2) is 8.29. The highest BCUT2D eigenvalue weighted by Gasteiger charge is 2.21. The van der Waals surface area contributed by atoms with Crippen molar-refractivity contribution in [1.29, 1.82) is 0 Å². The predicted octanol–water partition coefficient (Wildman–Crippen LogP) is 0.426. The Morgan fingerprint density at radius 3 is 2.64 bits per heavy atom. The number of rotatable bonds is 3. The fourth-order valence-corrected chi connectivity index (χ4v) is 1.40. The molecule has 0 amide bonds. The van der Waals surface area contributed by atoms with Crippen molar-refractivity contribution in [3.63, 3.8) is 0 Å². The van der Waals surface area contributed by atoms with E-state index in [1.165, 1.54) is 0 Å². The molecule has 0 aromatic rings. The summed E-state index contributed by atoms with van der Waals surface area (Å²) in [5.74, 6) is -0.147. The molecule has 0 aromatic heterocycles. The molecule has 1 aliphatic heterocycles. The SMILES string of the molecule is CCOC(=O)CN1CCC(N)C1.Cl.Cl. The number of carbonyl (C=O) groups is 1. The monoisotopic (exact) mass is 244 g/mol. The first-order valence-corrected chi connectivity index (χ1v) is 4.36. The Bertz CT molecular complexity index is 169. The van der Waals surface area contributed by atoms with Crippen LogP contribution in [0.3, 0.4) is 0 Å². The fraction of sp³-hybridized carbons (Fsp3) is 0.875. The molecule has 1 heterocycles. The largest absolute Gasteiger partial charge is 0.465 e. The molecule has 1 unspecified atom stereocenters. The Balaban J connectivity index is 0. The Labute approximate surface area is 97.0 Å². The lowest BCUT2D eigenvalue weighted by Crippen LogP contribution is -2.31. The quantitative estimate of drug-likeness (QED) is 0.732. The molecular weight excluding hydrogens is 227 g/mol. The van der Waals surface area contributed by atoms with E-state index in [9.17, 15) is 4.79 Å². The number of hydrogen-bond acceptors (Lipinski definition) is 4. The lowest BCUT2D eigenvalue weighted by atomic mass is 10.3. The minimum atomic E-state index is -0.147. The highest BCUT2D eigenvalue weighted by molar-refractivity contribution is 5.85. The molecule has 1 fully saturated rings. The number of likely N-dealkylation sites (tertiary alicyclic amines) is 1. The number of nitrogens with two attached hydrogens (primary N) is 1. The minimum Gasteiger partial charge on any atom is -0.465 e. The average molecular weight is 245 g/mol. The third-order valence-electron chi connectivity index (χ3n) is 1.97. The highest BCUT2D eigenvalue weighted by Crippen LogP contribution is 2.05. The van der Waals surface area contributed by atoms with Gasteiger partial charge in [-0.25, -0.2) is 0 Å². The zero-order valence-electron chi connectivity index (χ0n) is 8.27. The smallest absolute Gasteiger partial charge is 0.320 e. The van der Waals surface area contributed by atoms with Gasteiger partial charge in [-0.15, -0.1) is 24.8 Å². The van der Waals surface area contributed by atoms with E-state index in [0.29, 0.717) is 13.2 Å². The maximum atomic E-state index is 11.0. The molecular formula is C8H18Cl2N2O2. The van der Waals surface area contributed by atoms with Gasteiger partial charge in [-0.05, 0) is 13.3 Å². The van der Waals surface area contributed by atoms with Gasteiger partial charge in [0.25, 0.3) is 0 Å². The first-order valence-electron chi connectivity index (χ1n) is 4.36. The third-order valence-corrected chi connectivity index (χ3v) is 1.97. The normalized spacial score (nSPS) is 20.9. The Morgan fingerprint density at radius 1 is 1.57 bits per heavy atom. The minimum absolute atomic E-state index is 0. The van der Waals surface area contributed by atoms with Gasteiger partial charge in [-0.2, -0.15) is 0 Å². The lowest BCUT2D eigenvalue weighted by molar-refractivity contribution is -0.144. The van der Waals surface area contributed by atoms with Crippen LogP contribution in [-0.2, 0) is 9.53 Å². The fourth-order valence-electron chi connectivity index (χ4n) is 1.40. The standard InChI is InChI=1S/C8H16N2O2.2ClH/c1-2-12-8(11)6-10-4-3-7(9)5-10;;/h7H,2-6,9H2,1H3;2*1H. The van der Waals surface area contributed by atoms with Gasteiger partial charge in [-0.1, -0.05) is 0 Å². The Kier molecular flexibility index (Phi) is 9.72. The molecule has 0 spiro atoms. The van der Waals surface area contributed by atoms with E-state index in [0.717, 1.165) is 19.5 Å². The summed E-state index contributed by atoms with van der Waals surface area (Å²) in [4.78, 5) is 13.0. The number of halogens is 2. The van der Waals surface area contributed by atoms with Crippen molar-refractivity contribution in [3.05, 3.63) is 0 Å². The van der Waals surface area contributed by atoms with E-state index >= 15 is 0 Å². The van der Waals surface area contributed by atoms with Crippen molar-refractivity contribution in [3.8, 4) is 0 Å². The molecule has 4 nitrogen and oxygen atoms in total. The summed E-state index contributed by atoms with van der Waals surface area (Å²) in [6.07, 6.45) is 0.986. The second-order valence-electron chi connectivity index (χ2n) is 3.09. The summed E-state index contributed by atoms with van der Waals surface area (Å²) in [6, 6.07) is 0.236. The molecule has 0 saturated carbocycles. The number of nitrogens with zero attached hydrogens (tertiary/aromatic N) is 1. The van der Waals surface area contributed by atoms with Gasteiger partial charge in [0, 0.05) is 19.1 Å². The van der Waals surface area contributed by atoms with Crippen LogP contribution in [0.4, 0.5) is 0 Å². The molecule has 86 valence electrons. The molecule has 2 N–H and O–H groups in total. The zero-order valence-corrected chi connectivity index (χ0v) is 9.90. The maximum absolute atomic E-state index is 11.0. The highest BCUT2D eigenvalue weighted by atomic mass is 35.5. The molecule has 0 aromatic carbocycles. The van der Waals surface area contributed by atoms with Crippen molar-refractivity contribution in [2.24, 2.45) is 5.73 Å². The van der Waals surface area contributed by atoms with E-state index in [2.05, 4.69) is 0 Å². The van der Waals surface area contributed by atoms with Crippen LogP contribution in [0.5, 0.6) is 0 Å². The molecule has 0 radical (unpaired) electrons. The summed E-state index contributed by atoms with van der Waals surface area (Å²) < 4.78 is 4.82. The van der Waals surface area contributed by atoms with Crippen LogP contribution in [-0.4, -0.2) is 43.2 Å². The summed E-state index contributed by atoms with van der Waals surface area (Å²) in [7, 11) is 0. The van der Waals surface area contributed by atoms with Gasteiger partial charge < -0.3 is 10.5 Å². The summed E-state index contributed by atoms with van der Waals surface area (Å²) in [6.45, 7) is 4.40. The van der Waals surface area contributed by atoms with Gasteiger partial charge in [-0.3, -0.25) is 9.69 Å². The molecule has 14 heavy (non-hydrogen) atoms. The third kappa shape index (κ3) is 5.65. The zero-order chi connectivity index (χ0) is 8.97. The summed E-state index contributed by atoms with van der Waals surface area (Å²) in [5.41, 5.74) is 5.68. The maximum Gasteiger partial charge on any atom is 0.320 e. The van der Waals surface area contributed by atoms with Crippen LogP contribution in [0.15, 0.2) is 0 Å². The van der Waals surface area contributed by atoms with Crippen LogP contribution < -0.4 is 5.73 Å². The second-order valence-corrected chi connectivity index (χ2v) is 3.09. The van der Waals surface area contributed by atoms with Crippen LogP contribution in [0.25, 0.3) is 0 Å². The van der Waals surface area contributed by atoms with Crippen LogP contribution in [0.2, 0.25) is 0 Å². The van der Waals surface area contributed by atoms with Gasteiger partial charge in [0.05, 0.1) is 13.2 Å². The van der Waals surface area contributed by atoms with E-state index < -0.39 is 0 Å². The molecule has 6 heteroatoms. The van der Waals surface area contributed by atoms with Crippen LogP contribution in [0.1, 0.15) is 13.3 Å². The molecule has 0 bridgehead atoms. The van der Waals surface area contributed by atoms with Gasteiger partial charge >= 0.3 is 5.97 Å². The van der Waals surface area contributed by atoms with E-state index in [1.54, 1.807) is 0 Å². The van der Waals surface area contributed by atoms with Crippen molar-refractivity contribution in [1.82, 2.24) is 4.90 Å². The van der Waals surface area contributed by atoms with Crippen LogP contribution in [0, 0.1) is 0 Å². The van der Waals surface area contributed by atoms with Gasteiger partial charge in [0.1, 0.15) is 0 Å². The molecule has 1 aliphatic rings.